The number of H-pyrrole nitrogens is 1. The van der Waals surface area contributed by atoms with Gasteiger partial charge in [-0.15, -0.1) is 0 Å². The summed E-state index contributed by atoms with van der Waals surface area (Å²) in [4.78, 5) is 44.5. The Morgan fingerprint density at radius 3 is 2.68 bits per heavy atom. The highest BCUT2D eigenvalue weighted by Gasteiger charge is 2.33. The van der Waals surface area contributed by atoms with Crippen LogP contribution in [0.3, 0.4) is 0 Å². The third-order valence-corrected chi connectivity index (χ3v) is 6.17. The van der Waals surface area contributed by atoms with Crippen LogP contribution in [0, 0.1) is 5.92 Å². The van der Waals surface area contributed by atoms with Gasteiger partial charge in [-0.2, -0.15) is 11.3 Å². The second-order valence-electron chi connectivity index (χ2n) is 8.66. The van der Waals surface area contributed by atoms with Crippen LogP contribution in [-0.2, 0) is 17.9 Å². The molecule has 2 aromatic rings. The first-order valence-electron chi connectivity index (χ1n) is 11.0. The van der Waals surface area contributed by atoms with Crippen LogP contribution in [0.5, 0.6) is 0 Å². The number of carbonyl (C=O) groups is 1. The second kappa shape index (κ2) is 10.3. The summed E-state index contributed by atoms with van der Waals surface area (Å²) in [5.41, 5.74) is 6.42. The zero-order valence-electron chi connectivity index (χ0n) is 18.6. The fourth-order valence-electron chi connectivity index (χ4n) is 3.69. The quantitative estimate of drug-likeness (QED) is 0.551. The molecule has 0 bridgehead atoms. The van der Waals surface area contributed by atoms with Gasteiger partial charge in [0.15, 0.2) is 5.69 Å². The summed E-state index contributed by atoms with van der Waals surface area (Å²) in [7, 11) is 0. The Morgan fingerprint density at radius 2 is 2.10 bits per heavy atom. The number of nitrogens with zero attached hydrogens (tertiary/aromatic N) is 3. The number of carbonyl (C=O) groups excluding carboxylic acids is 1. The van der Waals surface area contributed by atoms with Gasteiger partial charge in [0.2, 0.25) is 5.91 Å². The van der Waals surface area contributed by atoms with Gasteiger partial charge in [0.25, 0.3) is 5.56 Å². The topological polar surface area (TPSA) is 104 Å². The summed E-state index contributed by atoms with van der Waals surface area (Å²) in [6.45, 7) is 7.65. The molecule has 1 aliphatic rings. The summed E-state index contributed by atoms with van der Waals surface area (Å²) in [6.07, 6.45) is 3.76. The van der Waals surface area contributed by atoms with Gasteiger partial charge in [0, 0.05) is 25.7 Å². The number of nitrogens with two attached hydrogens (primary N) is 1. The number of thiophene rings is 1. The molecule has 1 fully saturated rings. The predicted octanol–water partition coefficient (Wildman–Crippen LogP) is 2.63. The Morgan fingerprint density at radius 1 is 1.35 bits per heavy atom. The molecule has 0 atom stereocenters. The summed E-state index contributed by atoms with van der Waals surface area (Å²) in [5.74, 6) is 0.0553. The van der Waals surface area contributed by atoms with Crippen molar-refractivity contribution >= 4 is 28.7 Å². The number of hydrogen-bond donors (Lipinski definition) is 2. The minimum absolute atomic E-state index is 0.0581. The molecule has 2 heterocycles. The third kappa shape index (κ3) is 5.86. The normalized spacial score (nSPS) is 13.8. The van der Waals surface area contributed by atoms with Crippen LogP contribution in [0.1, 0.15) is 52.0 Å². The van der Waals surface area contributed by atoms with Crippen molar-refractivity contribution in [2.45, 2.75) is 65.6 Å². The van der Waals surface area contributed by atoms with Crippen LogP contribution in [0.25, 0.3) is 0 Å². The van der Waals surface area contributed by atoms with Crippen molar-refractivity contribution in [3.05, 3.63) is 43.2 Å². The molecule has 1 aliphatic carbocycles. The SMILES string of the molecule is CCCCN(C(=O)CN(Cc1ccsc1)C1CC1)c1c(N)n(CC(C)C)c(=O)[nH]c1=O. The molecule has 0 radical (unpaired) electrons. The van der Waals surface area contributed by atoms with Crippen molar-refractivity contribution in [3.63, 3.8) is 0 Å². The number of nitrogens with one attached hydrogen (secondary N) is 1. The number of hydrogen-bond acceptors (Lipinski definition) is 6. The van der Waals surface area contributed by atoms with Crippen LogP contribution in [0.2, 0.25) is 0 Å². The smallest absolute Gasteiger partial charge is 0.330 e. The molecule has 0 saturated heterocycles. The number of anilines is 2. The number of amides is 1. The monoisotopic (exact) mass is 447 g/mol. The predicted molar refractivity (Wildman–Crippen MR) is 126 cm³/mol. The summed E-state index contributed by atoms with van der Waals surface area (Å²) in [6, 6.07) is 2.46. The van der Waals surface area contributed by atoms with E-state index in [-0.39, 0.29) is 29.9 Å². The Labute approximate surface area is 186 Å². The number of aromatic nitrogens is 2. The van der Waals surface area contributed by atoms with Gasteiger partial charge in [-0.05, 0) is 47.6 Å². The number of aromatic amines is 1. The first-order valence-corrected chi connectivity index (χ1v) is 11.9. The average Bonchev–Trinajstić information content (AvgIpc) is 3.43. The van der Waals surface area contributed by atoms with Crippen molar-refractivity contribution in [2.75, 3.05) is 23.7 Å². The Kier molecular flexibility index (Phi) is 7.72. The zero-order chi connectivity index (χ0) is 22.5. The summed E-state index contributed by atoms with van der Waals surface area (Å²) < 4.78 is 1.36. The standard InChI is InChI=1S/C22H33N5O3S/c1-4-5-9-26(19-20(23)27(11-15(2)3)22(30)24-21(19)29)18(28)13-25(17-6-7-17)12-16-8-10-31-14-16/h8,10,14-15,17H,4-7,9,11-13,23H2,1-3H3,(H,24,29,30). The van der Waals surface area contributed by atoms with E-state index in [0.717, 1.165) is 25.7 Å². The van der Waals surface area contributed by atoms with Gasteiger partial charge < -0.3 is 10.6 Å². The molecule has 170 valence electrons. The van der Waals surface area contributed by atoms with E-state index < -0.39 is 11.2 Å². The van der Waals surface area contributed by atoms with E-state index in [0.29, 0.717) is 25.7 Å². The maximum atomic E-state index is 13.4. The van der Waals surface area contributed by atoms with Gasteiger partial charge >= 0.3 is 5.69 Å². The lowest BCUT2D eigenvalue weighted by Crippen LogP contribution is -2.46. The van der Waals surface area contributed by atoms with Crippen LogP contribution >= 0.6 is 11.3 Å². The van der Waals surface area contributed by atoms with Crippen LogP contribution in [-0.4, -0.2) is 39.5 Å². The van der Waals surface area contributed by atoms with Crippen LogP contribution in [0.15, 0.2) is 26.4 Å². The highest BCUT2D eigenvalue weighted by Crippen LogP contribution is 2.29. The Balaban J connectivity index is 1.91. The molecule has 0 spiro atoms. The molecule has 1 amide bonds. The van der Waals surface area contributed by atoms with Gasteiger partial charge in [-0.25, -0.2) is 4.79 Å². The fraction of sp³-hybridized carbons (Fsp3) is 0.591. The maximum absolute atomic E-state index is 13.4. The van der Waals surface area contributed by atoms with Gasteiger partial charge in [0.05, 0.1) is 6.54 Å². The zero-order valence-corrected chi connectivity index (χ0v) is 19.4. The van der Waals surface area contributed by atoms with E-state index in [1.807, 2.05) is 26.2 Å². The van der Waals surface area contributed by atoms with Crippen LogP contribution in [0.4, 0.5) is 11.5 Å². The average molecular weight is 448 g/mol. The lowest BCUT2D eigenvalue weighted by atomic mass is 10.2. The number of nitrogen functional groups attached to an aromatic ring is 1. The molecule has 2 aromatic heterocycles. The lowest BCUT2D eigenvalue weighted by molar-refractivity contribution is -0.120. The molecule has 9 heteroatoms. The molecule has 0 aromatic carbocycles. The fourth-order valence-corrected chi connectivity index (χ4v) is 4.35. The number of unbranched alkanes of at least 4 members (excludes halogenated alkanes) is 1. The molecule has 1 saturated carbocycles. The van der Waals surface area contributed by atoms with Crippen molar-refractivity contribution in [2.24, 2.45) is 5.92 Å². The van der Waals surface area contributed by atoms with E-state index in [2.05, 4.69) is 21.3 Å². The maximum Gasteiger partial charge on any atom is 0.330 e. The van der Waals surface area contributed by atoms with Gasteiger partial charge in [-0.3, -0.25) is 24.0 Å². The second-order valence-corrected chi connectivity index (χ2v) is 9.44. The third-order valence-electron chi connectivity index (χ3n) is 5.44. The van der Waals surface area contributed by atoms with E-state index in [9.17, 15) is 14.4 Å². The van der Waals surface area contributed by atoms with E-state index in [4.69, 9.17) is 5.73 Å². The minimum atomic E-state index is -0.609. The molecular formula is C22H33N5O3S. The van der Waals surface area contributed by atoms with E-state index in [1.165, 1.54) is 15.0 Å². The van der Waals surface area contributed by atoms with Crippen molar-refractivity contribution < 1.29 is 4.79 Å². The molecule has 3 N–H and O–H groups in total. The molecule has 0 unspecified atom stereocenters. The largest absolute Gasteiger partial charge is 0.383 e. The number of rotatable bonds is 11. The highest BCUT2D eigenvalue weighted by molar-refractivity contribution is 7.07. The van der Waals surface area contributed by atoms with Crippen LogP contribution < -0.4 is 21.9 Å². The lowest BCUT2D eigenvalue weighted by Gasteiger charge is -2.28. The first-order chi connectivity index (χ1) is 14.8. The van der Waals surface area contributed by atoms with Crippen molar-refractivity contribution in [1.29, 1.82) is 0 Å². The molecular weight excluding hydrogens is 414 g/mol. The van der Waals surface area contributed by atoms with E-state index >= 15 is 0 Å². The minimum Gasteiger partial charge on any atom is -0.383 e. The van der Waals surface area contributed by atoms with Crippen molar-refractivity contribution in [1.82, 2.24) is 14.5 Å². The Bertz CT molecular complexity index is 992. The molecule has 3 rings (SSSR count). The Hall–Kier alpha value is -2.39. The molecule has 0 aliphatic heterocycles. The van der Waals surface area contributed by atoms with Gasteiger partial charge in [0.1, 0.15) is 5.82 Å². The highest BCUT2D eigenvalue weighted by atomic mass is 32.1. The summed E-state index contributed by atoms with van der Waals surface area (Å²) >= 11 is 1.64. The van der Waals surface area contributed by atoms with Gasteiger partial charge in [-0.1, -0.05) is 27.2 Å². The summed E-state index contributed by atoms with van der Waals surface area (Å²) in [5, 5.41) is 4.13. The van der Waals surface area contributed by atoms with E-state index in [1.54, 1.807) is 11.3 Å². The first kappa shape index (κ1) is 23.3. The molecule has 31 heavy (non-hydrogen) atoms. The molecule has 8 nitrogen and oxygen atoms in total. The van der Waals surface area contributed by atoms with Crippen molar-refractivity contribution in [3.8, 4) is 0 Å².